The summed E-state index contributed by atoms with van der Waals surface area (Å²) in [5, 5.41) is 5.40. The fourth-order valence-corrected chi connectivity index (χ4v) is 10.5. The summed E-state index contributed by atoms with van der Waals surface area (Å²) < 4.78 is 42.9. The lowest BCUT2D eigenvalue weighted by molar-refractivity contribution is -0.174. The number of alkyl halides is 2. The maximum absolute atomic E-state index is 16.6. The van der Waals surface area contributed by atoms with Crippen molar-refractivity contribution < 1.29 is 37.4 Å². The Hall–Kier alpha value is -6.32. The number of H-pyrrole nitrogens is 2. The smallest absolute Gasteiger partial charge is 0.407 e. The Morgan fingerprint density at radius 2 is 1.39 bits per heavy atom. The van der Waals surface area contributed by atoms with Gasteiger partial charge in [0.2, 0.25) is 11.8 Å². The minimum Gasteiger partial charge on any atom is -0.453 e. The number of alkyl carbamates (subject to hydrolysis) is 2. The molecule has 3 aromatic carbocycles. The van der Waals surface area contributed by atoms with Crippen LogP contribution in [0.2, 0.25) is 0 Å². The van der Waals surface area contributed by atoms with Crippen LogP contribution in [0.1, 0.15) is 94.7 Å². The number of nitrogens with zero attached hydrogens (tertiary/aromatic N) is 4. The topological polar surface area (TPSA) is 175 Å². The van der Waals surface area contributed by atoms with E-state index in [-0.39, 0.29) is 64.2 Å². The van der Waals surface area contributed by atoms with Gasteiger partial charge in [0.15, 0.2) is 0 Å². The van der Waals surface area contributed by atoms with Gasteiger partial charge in [-0.15, -0.1) is 0 Å². The largest absolute Gasteiger partial charge is 0.453 e. The number of likely N-dealkylation sites (tertiary alicyclic amines) is 2. The quantitative estimate of drug-likeness (QED) is 0.109. The number of nitrogens with one attached hydrogen (secondary N) is 4. The van der Waals surface area contributed by atoms with E-state index >= 15 is 8.78 Å². The summed E-state index contributed by atoms with van der Waals surface area (Å²) in [5.41, 5.74) is 4.66. The molecule has 10 rings (SSSR count). The van der Waals surface area contributed by atoms with Crippen molar-refractivity contribution in [2.45, 2.75) is 95.9 Å². The number of aromatic nitrogens is 4. The molecule has 4 fully saturated rings. The number of piperidine rings is 1. The van der Waals surface area contributed by atoms with Gasteiger partial charge in [-0.25, -0.2) is 19.6 Å². The van der Waals surface area contributed by atoms with Crippen molar-refractivity contribution in [3.8, 4) is 33.5 Å². The Labute approximate surface area is 368 Å². The van der Waals surface area contributed by atoms with E-state index in [0.29, 0.717) is 51.7 Å². The second-order valence-electron chi connectivity index (χ2n) is 19.0. The Balaban J connectivity index is 0.889. The van der Waals surface area contributed by atoms with Crippen molar-refractivity contribution >= 4 is 35.0 Å². The van der Waals surface area contributed by atoms with Crippen molar-refractivity contribution in [3.05, 3.63) is 83.6 Å². The molecule has 4 amide bonds. The molecule has 2 aromatic heterocycles. The summed E-state index contributed by atoms with van der Waals surface area (Å²) in [5.74, 6) is -2.50. The third-order valence-corrected chi connectivity index (χ3v) is 14.5. The number of carbonyl (C=O) groups excluding carboxylic acids is 4. The van der Waals surface area contributed by atoms with Crippen molar-refractivity contribution in [2.24, 2.45) is 23.2 Å². The Morgan fingerprint density at radius 1 is 0.781 bits per heavy atom. The number of hydrogen-bond acceptors (Lipinski definition) is 8. The standard InChI is InChI=1S/C48H52F2N8O6/c1-23(2)38(55-45(61)63-5)43(59)57-22-47(15-16-47)20-37(57)41-51-21-35(54-41)27-8-11-29-28-10-7-25(17-31(28)48(49,50)32(29)18-27)26-9-13-33-34(19-26)53-42(52-33)40-30-12-14-36(30)58(40)44(60)39(24(3)4)56-46(62)64-6/h7-11,13,17-19,21,23-24,30,36-40H,12,14-16,20,22H2,1-6H3,(H,51,54)(H,52,53)(H,55,61)(H,56,62)/t30-,36?,37-,38?,39-,40-/m0/s1. The van der Waals surface area contributed by atoms with E-state index in [2.05, 4.69) is 20.6 Å². The number of imidazole rings is 2. The SMILES string of the molecule is COC(=O)NC(C(=O)N1CC2(CC2)C[C@H]1c1ncc(-c2ccc3c(c2)C(F)(F)c2cc(-c4ccc5nc([C@@H]6[C@H]7CCC7N6C(=O)[C@@H](NC(=O)OC)C(C)C)[nH]c5c4)ccc2-3)[nH]1)C(C)C. The van der Waals surface area contributed by atoms with Crippen LogP contribution in [0.3, 0.4) is 0 Å². The van der Waals surface area contributed by atoms with Crippen LogP contribution in [0.15, 0.2) is 60.8 Å². The van der Waals surface area contributed by atoms with Crippen molar-refractivity contribution in [3.63, 3.8) is 0 Å². The van der Waals surface area contributed by atoms with Gasteiger partial charge in [-0.2, -0.15) is 8.78 Å². The molecule has 2 unspecified atom stereocenters. The van der Waals surface area contributed by atoms with Crippen LogP contribution in [0.25, 0.3) is 44.5 Å². The summed E-state index contributed by atoms with van der Waals surface area (Å²) in [6.45, 7) is 8.06. The van der Waals surface area contributed by atoms with E-state index < -0.39 is 30.2 Å². The average molecular weight is 875 g/mol. The zero-order valence-corrected chi connectivity index (χ0v) is 36.6. The van der Waals surface area contributed by atoms with Crippen molar-refractivity contribution in [1.82, 2.24) is 40.4 Å². The molecule has 334 valence electrons. The molecule has 14 nitrogen and oxygen atoms in total. The number of methoxy groups -OCH3 is 2. The summed E-state index contributed by atoms with van der Waals surface area (Å²) >= 11 is 0. The van der Waals surface area contributed by atoms with Crippen LogP contribution >= 0.6 is 0 Å². The number of halogens is 2. The second-order valence-corrected chi connectivity index (χ2v) is 19.0. The molecule has 5 aromatic rings. The first-order valence-electron chi connectivity index (χ1n) is 22.2. The van der Waals surface area contributed by atoms with Crippen LogP contribution in [-0.4, -0.2) is 92.6 Å². The number of carbonyl (C=O) groups is 4. The molecule has 6 atom stereocenters. The van der Waals surface area contributed by atoms with Gasteiger partial charge in [-0.05, 0) is 95.9 Å². The highest BCUT2D eigenvalue weighted by molar-refractivity contribution is 5.89. The van der Waals surface area contributed by atoms with Gasteiger partial charge in [-0.1, -0.05) is 58.0 Å². The van der Waals surface area contributed by atoms with Crippen molar-refractivity contribution in [1.29, 1.82) is 0 Å². The fourth-order valence-electron chi connectivity index (χ4n) is 10.5. The van der Waals surface area contributed by atoms with Gasteiger partial charge in [0.05, 0.1) is 49.2 Å². The predicted molar refractivity (Wildman–Crippen MR) is 233 cm³/mol. The van der Waals surface area contributed by atoms with Crippen LogP contribution in [-0.2, 0) is 25.0 Å². The van der Waals surface area contributed by atoms with Crippen LogP contribution < -0.4 is 10.6 Å². The molecule has 64 heavy (non-hydrogen) atoms. The number of amides is 4. The van der Waals surface area contributed by atoms with E-state index in [9.17, 15) is 19.2 Å². The minimum atomic E-state index is -3.29. The van der Waals surface area contributed by atoms with E-state index in [1.165, 1.54) is 20.3 Å². The molecule has 5 aliphatic rings. The molecule has 4 heterocycles. The van der Waals surface area contributed by atoms with Gasteiger partial charge in [0.1, 0.15) is 23.7 Å². The highest BCUT2D eigenvalue weighted by Crippen LogP contribution is 2.59. The van der Waals surface area contributed by atoms with E-state index in [1.54, 1.807) is 29.3 Å². The zero-order chi connectivity index (χ0) is 45.0. The molecular formula is C48H52F2N8O6. The van der Waals surface area contributed by atoms with E-state index in [1.807, 2.05) is 62.9 Å². The summed E-state index contributed by atoms with van der Waals surface area (Å²) in [6, 6.07) is 13.8. The highest BCUT2D eigenvalue weighted by Gasteiger charge is 2.59. The number of benzene rings is 3. The molecule has 2 saturated heterocycles. The second kappa shape index (κ2) is 15.2. The van der Waals surface area contributed by atoms with Gasteiger partial charge >= 0.3 is 12.2 Å². The van der Waals surface area contributed by atoms with Gasteiger partial charge in [0, 0.05) is 35.2 Å². The normalized spacial score (nSPS) is 22.9. The Bertz CT molecular complexity index is 2720. The monoisotopic (exact) mass is 874 g/mol. The third kappa shape index (κ3) is 6.70. The van der Waals surface area contributed by atoms with Crippen LogP contribution in [0, 0.1) is 23.2 Å². The zero-order valence-electron chi connectivity index (χ0n) is 36.6. The fraction of sp³-hybridized carbons (Fsp3) is 0.458. The van der Waals surface area contributed by atoms with Gasteiger partial charge in [0.25, 0.3) is 5.92 Å². The van der Waals surface area contributed by atoms with E-state index in [4.69, 9.17) is 19.4 Å². The summed E-state index contributed by atoms with van der Waals surface area (Å²) in [6.07, 6.45) is 4.88. The number of aromatic amines is 2. The lowest BCUT2D eigenvalue weighted by Crippen LogP contribution is -2.69. The molecular weight excluding hydrogens is 823 g/mol. The Kier molecular flexibility index (Phi) is 9.87. The number of ether oxygens (including phenoxy) is 2. The molecule has 4 N–H and O–H groups in total. The molecule has 0 radical (unpaired) electrons. The van der Waals surface area contributed by atoms with E-state index in [0.717, 1.165) is 43.2 Å². The molecule has 16 heteroatoms. The maximum Gasteiger partial charge on any atom is 0.407 e. The molecule has 1 spiro atoms. The molecule has 2 aliphatic heterocycles. The predicted octanol–water partition coefficient (Wildman–Crippen LogP) is 8.22. The first-order chi connectivity index (χ1) is 30.6. The van der Waals surface area contributed by atoms with Crippen molar-refractivity contribution in [2.75, 3.05) is 20.8 Å². The lowest BCUT2D eigenvalue weighted by atomic mass is 9.64. The first kappa shape index (κ1) is 41.7. The first-order valence-corrected chi connectivity index (χ1v) is 22.2. The summed E-state index contributed by atoms with van der Waals surface area (Å²) in [7, 11) is 2.54. The number of hydrogen-bond donors (Lipinski definition) is 4. The van der Waals surface area contributed by atoms with Crippen LogP contribution in [0.4, 0.5) is 18.4 Å². The minimum absolute atomic E-state index is 0.0107. The third-order valence-electron chi connectivity index (χ3n) is 14.5. The number of rotatable bonds is 10. The average Bonchev–Trinajstić information content (AvgIpc) is 3.59. The molecule has 3 aliphatic carbocycles. The highest BCUT2D eigenvalue weighted by atomic mass is 19.3. The molecule has 2 saturated carbocycles. The summed E-state index contributed by atoms with van der Waals surface area (Å²) in [4.78, 5) is 72.1. The van der Waals surface area contributed by atoms with Gasteiger partial charge in [-0.3, -0.25) is 9.59 Å². The lowest BCUT2D eigenvalue weighted by Gasteiger charge is -2.61. The Morgan fingerprint density at radius 3 is 2.00 bits per heavy atom. The molecule has 0 bridgehead atoms. The maximum atomic E-state index is 16.6. The van der Waals surface area contributed by atoms with Gasteiger partial charge < -0.3 is 39.9 Å². The van der Waals surface area contributed by atoms with Crippen LogP contribution in [0.5, 0.6) is 0 Å². The number of fused-ring (bicyclic) bond motifs is 5.